The molecule has 0 heterocycles. The largest absolute Gasteiger partial charge is 0.863 e. The van der Waals surface area contributed by atoms with E-state index in [9.17, 15) is 35.4 Å². The number of nitrogens with zero attached hydrogens (tertiary/aromatic N) is 4. The first-order valence-corrected chi connectivity index (χ1v) is 8.69. The van der Waals surface area contributed by atoms with Gasteiger partial charge < -0.3 is 5.11 Å². The average Bonchev–Trinajstić information content (AvgIpc) is 2.75. The molecule has 0 radical (unpaired) electrons. The van der Waals surface area contributed by atoms with Gasteiger partial charge in [-0.1, -0.05) is 36.4 Å². The summed E-state index contributed by atoms with van der Waals surface area (Å²) in [5, 5.41) is 42.1. The zero-order valence-electron chi connectivity index (χ0n) is 16.2. The zero-order valence-corrected chi connectivity index (χ0v) is 16.2. The van der Waals surface area contributed by atoms with Crippen molar-refractivity contribution < 1.29 is 19.9 Å². The van der Waals surface area contributed by atoms with Gasteiger partial charge in [-0.3, -0.25) is 41.8 Å². The zero-order chi connectivity index (χ0) is 23.8. The molecular formula is C19H16N6O7. The summed E-state index contributed by atoms with van der Waals surface area (Å²) in [6.07, 6.45) is 0. The van der Waals surface area contributed by atoms with Crippen LogP contribution in [-0.4, -0.2) is 20.7 Å². The predicted octanol–water partition coefficient (Wildman–Crippen LogP) is 2.28. The van der Waals surface area contributed by atoms with E-state index in [0.717, 1.165) is 11.4 Å². The summed E-state index contributed by atoms with van der Waals surface area (Å²) in [4.78, 5) is 27.5. The highest BCUT2D eigenvalue weighted by Gasteiger charge is 2.24. The molecule has 0 saturated heterocycles. The molecule has 13 nitrogen and oxygen atoms in total. The first kappa shape index (κ1) is 23.2. The van der Waals surface area contributed by atoms with E-state index in [1.165, 1.54) is 0 Å². The highest BCUT2D eigenvalue weighted by atomic mass is 16.6. The minimum absolute atomic E-state index is 0.261. The van der Waals surface area contributed by atoms with Crippen molar-refractivity contribution in [3.63, 3.8) is 0 Å². The molecule has 0 aromatic heterocycles. The van der Waals surface area contributed by atoms with Crippen molar-refractivity contribution in [1.82, 2.24) is 4.58 Å². The highest BCUT2D eigenvalue weighted by molar-refractivity contribution is 5.83. The topological polar surface area (TPSA) is 208 Å². The van der Waals surface area contributed by atoms with E-state index in [2.05, 4.69) is 0 Å². The van der Waals surface area contributed by atoms with E-state index in [1.807, 2.05) is 60.7 Å². The van der Waals surface area contributed by atoms with Gasteiger partial charge in [-0.15, -0.1) is 0 Å². The van der Waals surface area contributed by atoms with Gasteiger partial charge in [0.25, 0.3) is 17.1 Å². The minimum Gasteiger partial charge on any atom is -0.863 e. The number of hydrogen-bond acceptors (Lipinski definition) is 7. The van der Waals surface area contributed by atoms with Gasteiger partial charge in [0.15, 0.2) is 0 Å². The van der Waals surface area contributed by atoms with Crippen molar-refractivity contribution in [3.8, 4) is 5.75 Å². The second-order valence-corrected chi connectivity index (χ2v) is 6.02. The Bertz CT molecular complexity index is 1100. The van der Waals surface area contributed by atoms with Crippen LogP contribution < -0.4 is 21.1 Å². The molecular weight excluding hydrogens is 424 g/mol. The monoisotopic (exact) mass is 440 g/mol. The van der Waals surface area contributed by atoms with Crippen LogP contribution in [0.1, 0.15) is 0 Å². The lowest BCUT2D eigenvalue weighted by Crippen LogP contribution is -2.33. The number of nitrogens with two attached hydrogens (primary N) is 2. The number of nitro groups is 3. The molecule has 13 heteroatoms. The fourth-order valence-electron chi connectivity index (χ4n) is 2.56. The summed E-state index contributed by atoms with van der Waals surface area (Å²) in [5.74, 6) is -1.20. The van der Waals surface area contributed by atoms with Gasteiger partial charge in [0.1, 0.15) is 11.4 Å². The molecule has 0 saturated carbocycles. The summed E-state index contributed by atoms with van der Waals surface area (Å²) in [6, 6.07) is 20.4. The van der Waals surface area contributed by atoms with Crippen molar-refractivity contribution in [3.05, 3.63) is 103 Å². The average molecular weight is 440 g/mol. The summed E-state index contributed by atoms with van der Waals surface area (Å²) in [7, 11) is 0. The van der Waals surface area contributed by atoms with Gasteiger partial charge in [0.05, 0.1) is 32.7 Å². The Morgan fingerprint density at radius 2 is 1.00 bits per heavy atom. The maximum Gasteiger partial charge on any atom is 0.351 e. The van der Waals surface area contributed by atoms with Gasteiger partial charge in [-0.2, -0.15) is 4.58 Å². The molecule has 4 N–H and O–H groups in total. The van der Waals surface area contributed by atoms with Gasteiger partial charge >= 0.3 is 5.96 Å². The Kier molecular flexibility index (Phi) is 7.33. The maximum atomic E-state index is 11.1. The molecule has 0 aliphatic carbocycles. The number of nitro benzene ring substituents is 3. The van der Waals surface area contributed by atoms with Crippen molar-refractivity contribution in [2.75, 3.05) is 0 Å². The van der Waals surface area contributed by atoms with Gasteiger partial charge in [-0.05, 0) is 24.3 Å². The molecule has 3 rings (SSSR count). The molecule has 3 aromatic rings. The van der Waals surface area contributed by atoms with E-state index in [0.29, 0.717) is 12.1 Å². The molecule has 0 atom stereocenters. The Labute approximate surface area is 179 Å². The summed E-state index contributed by atoms with van der Waals surface area (Å²) in [6.45, 7) is 0. The molecule has 0 amide bonds. The third-order valence-electron chi connectivity index (χ3n) is 3.93. The van der Waals surface area contributed by atoms with Crippen LogP contribution in [0.25, 0.3) is 0 Å². The van der Waals surface area contributed by atoms with E-state index in [1.54, 1.807) is 4.58 Å². The lowest BCUT2D eigenvalue weighted by Gasteiger charge is -2.08. The van der Waals surface area contributed by atoms with Crippen molar-refractivity contribution in [1.29, 1.82) is 0 Å². The molecule has 3 aromatic carbocycles. The summed E-state index contributed by atoms with van der Waals surface area (Å²) < 4.78 is 1.81. The fourth-order valence-corrected chi connectivity index (χ4v) is 2.56. The molecule has 0 fully saturated rings. The number of rotatable bonds is 5. The van der Waals surface area contributed by atoms with Crippen molar-refractivity contribution in [2.45, 2.75) is 0 Å². The van der Waals surface area contributed by atoms with Crippen LogP contribution in [0.2, 0.25) is 0 Å². The maximum absolute atomic E-state index is 11.1. The number of non-ortho nitro benzene ring substituents is 1. The molecule has 0 bridgehead atoms. The lowest BCUT2D eigenvalue weighted by atomic mass is 10.2. The first-order valence-electron chi connectivity index (χ1n) is 8.69. The van der Waals surface area contributed by atoms with Gasteiger partial charge in [-0.25, -0.2) is 0 Å². The number of guanidine groups is 1. The minimum atomic E-state index is -1.46. The predicted molar refractivity (Wildman–Crippen MR) is 114 cm³/mol. The van der Waals surface area contributed by atoms with Crippen molar-refractivity contribution in [2.24, 2.45) is 11.5 Å². The van der Waals surface area contributed by atoms with Crippen LogP contribution in [0.4, 0.5) is 28.4 Å². The summed E-state index contributed by atoms with van der Waals surface area (Å²) >= 11 is 0. The standard InChI is InChI=1S/C13H13N3.C6H3N3O7/c14-13(15)16(11-7-3-1-4-8-11)12-9-5-2-6-10-12;10-6-4(8(13)14)1-3(7(11)12)2-5(6)9(15)16/h1-10H,(H3,14,15);1-2,10H. The molecule has 164 valence electrons. The smallest absolute Gasteiger partial charge is 0.351 e. The van der Waals surface area contributed by atoms with E-state index < -0.39 is 37.6 Å². The Hall–Kier alpha value is -5.07. The number of para-hydroxylation sites is 2. The van der Waals surface area contributed by atoms with E-state index in [-0.39, 0.29) is 5.96 Å². The molecule has 0 aliphatic heterocycles. The van der Waals surface area contributed by atoms with Crippen LogP contribution in [-0.2, 0) is 0 Å². The highest BCUT2D eigenvalue weighted by Crippen LogP contribution is 2.36. The van der Waals surface area contributed by atoms with E-state index >= 15 is 0 Å². The number of benzene rings is 3. The Balaban J connectivity index is 0.000000227. The summed E-state index contributed by atoms with van der Waals surface area (Å²) in [5.41, 5.74) is 10.1. The van der Waals surface area contributed by atoms with Crippen LogP contribution in [0.3, 0.4) is 0 Å². The van der Waals surface area contributed by atoms with E-state index in [4.69, 9.17) is 11.5 Å². The lowest BCUT2D eigenvalue weighted by molar-refractivity contribution is -0.420. The van der Waals surface area contributed by atoms with Crippen molar-refractivity contribution >= 4 is 34.4 Å². The Morgan fingerprint density at radius 3 is 1.28 bits per heavy atom. The van der Waals surface area contributed by atoms with Crippen LogP contribution in [0.5, 0.6) is 5.75 Å². The second kappa shape index (κ2) is 10.1. The normalized spacial score (nSPS) is 9.75. The Morgan fingerprint density at radius 1 is 0.625 bits per heavy atom. The molecule has 0 unspecified atom stereocenters. The molecule has 0 aliphatic rings. The first-order chi connectivity index (χ1) is 15.1. The van der Waals surface area contributed by atoms with Gasteiger partial charge in [0.2, 0.25) is 0 Å². The van der Waals surface area contributed by atoms with Crippen LogP contribution in [0.15, 0.2) is 72.8 Å². The SMILES string of the molecule is NC(N)=[N+](c1ccccc1)c1ccccc1.O=[N+]([O-])c1cc([N+](=O)[O-])c([O-])c([N+](=O)[O-])c1. The third kappa shape index (κ3) is 5.50. The fraction of sp³-hybridized carbons (Fsp3) is 0. The quantitative estimate of drug-likeness (QED) is 0.196. The third-order valence-corrected chi connectivity index (χ3v) is 3.93. The van der Waals surface area contributed by atoms with Gasteiger partial charge in [0, 0.05) is 0 Å². The second-order valence-electron chi connectivity index (χ2n) is 6.02. The number of hydrogen-bond donors (Lipinski definition) is 2. The molecule has 0 spiro atoms. The van der Waals surface area contributed by atoms with Crippen LogP contribution >= 0.6 is 0 Å². The van der Waals surface area contributed by atoms with Crippen LogP contribution in [0, 0.1) is 30.3 Å². The molecule has 32 heavy (non-hydrogen) atoms.